The fraction of sp³-hybridized carbons (Fsp3) is 0.474. The number of thiazole rings is 1. The van der Waals surface area contributed by atoms with E-state index in [0.29, 0.717) is 6.54 Å². The lowest BCUT2D eigenvalue weighted by Gasteiger charge is -2.17. The van der Waals surface area contributed by atoms with Crippen molar-refractivity contribution in [3.05, 3.63) is 40.3 Å². The third-order valence-corrected chi connectivity index (χ3v) is 4.96. The lowest BCUT2D eigenvalue weighted by Crippen LogP contribution is -2.42. The second-order valence-electron chi connectivity index (χ2n) is 5.81. The fourth-order valence-corrected chi connectivity index (χ4v) is 3.17. The molecule has 1 heterocycles. The minimum absolute atomic E-state index is 0. The minimum atomic E-state index is 0. The van der Waals surface area contributed by atoms with Crippen LogP contribution in [-0.2, 0) is 12.8 Å². The van der Waals surface area contributed by atoms with Crippen LogP contribution in [0.5, 0.6) is 11.5 Å². The van der Waals surface area contributed by atoms with Crippen LogP contribution in [0.1, 0.15) is 23.7 Å². The topological polar surface area (TPSA) is 67.8 Å². The molecule has 0 spiro atoms. The van der Waals surface area contributed by atoms with Crippen LogP contribution in [0.4, 0.5) is 0 Å². The van der Waals surface area contributed by atoms with Crippen LogP contribution < -0.4 is 20.1 Å². The van der Waals surface area contributed by atoms with E-state index in [0.717, 1.165) is 41.9 Å². The highest BCUT2D eigenvalue weighted by Gasteiger charge is 2.07. The maximum atomic E-state index is 5.89. The summed E-state index contributed by atoms with van der Waals surface area (Å²) in [6.07, 6.45) is 3.91. The summed E-state index contributed by atoms with van der Waals surface area (Å²) in [5, 5.41) is 7.75. The molecule has 0 aliphatic heterocycles. The van der Waals surface area contributed by atoms with Crippen molar-refractivity contribution in [1.82, 2.24) is 15.6 Å². The van der Waals surface area contributed by atoms with E-state index in [9.17, 15) is 0 Å². The van der Waals surface area contributed by atoms with Gasteiger partial charge in [0.15, 0.2) is 5.96 Å². The van der Waals surface area contributed by atoms with Crippen LogP contribution in [0.3, 0.4) is 0 Å². The number of nitrogens with zero attached hydrogens (tertiary/aromatic N) is 2. The molecule has 2 rings (SSSR count). The van der Waals surface area contributed by atoms with Crippen molar-refractivity contribution in [3.63, 3.8) is 0 Å². The Morgan fingerprint density at radius 1 is 1.22 bits per heavy atom. The highest BCUT2D eigenvalue weighted by molar-refractivity contribution is 14.0. The van der Waals surface area contributed by atoms with Crippen molar-refractivity contribution < 1.29 is 9.47 Å². The van der Waals surface area contributed by atoms with Crippen molar-refractivity contribution in [2.24, 2.45) is 4.99 Å². The highest BCUT2D eigenvalue weighted by atomic mass is 127. The molecule has 0 saturated carbocycles. The lowest BCUT2D eigenvalue weighted by molar-refractivity contribution is 0.223. The molecule has 0 fully saturated rings. The first-order valence-electron chi connectivity index (χ1n) is 8.83. The van der Waals surface area contributed by atoms with Gasteiger partial charge in [-0.05, 0) is 37.6 Å². The van der Waals surface area contributed by atoms with Crippen LogP contribution in [0.25, 0.3) is 0 Å². The zero-order chi connectivity index (χ0) is 18.8. The molecule has 150 valence electrons. The zero-order valence-corrected chi connectivity index (χ0v) is 19.5. The molecule has 8 heteroatoms. The summed E-state index contributed by atoms with van der Waals surface area (Å²) in [5.41, 5.74) is 0. The number of hydrogen-bond acceptors (Lipinski definition) is 5. The first-order valence-corrected chi connectivity index (χ1v) is 9.65. The number of guanidine groups is 1. The van der Waals surface area contributed by atoms with Crippen LogP contribution in [0.2, 0.25) is 0 Å². The van der Waals surface area contributed by atoms with Crippen LogP contribution in [-0.4, -0.2) is 44.3 Å². The molecular weight excluding hydrogens is 475 g/mol. The average Bonchev–Trinajstić information content (AvgIpc) is 3.13. The summed E-state index contributed by atoms with van der Waals surface area (Å²) in [5.74, 6) is 2.40. The van der Waals surface area contributed by atoms with E-state index in [1.165, 1.54) is 4.88 Å². The lowest BCUT2D eigenvalue weighted by atomic mass is 10.3. The second kappa shape index (κ2) is 12.8. The standard InChI is InChI=1S/C19H28N4O2S.HI/c1-5-17-13-22-18(26-17)10-11-21-19(20-3)23-12-14(2)25-16-8-6-15(24-4)7-9-16;/h6-9,13-14H,5,10-12H2,1-4H3,(H2,20,21,23);1H. The molecule has 0 amide bonds. The maximum Gasteiger partial charge on any atom is 0.191 e. The number of aromatic nitrogens is 1. The number of nitrogens with one attached hydrogen (secondary N) is 2. The molecular formula is C19H29IN4O2S. The summed E-state index contributed by atoms with van der Waals surface area (Å²) in [6.45, 7) is 5.62. The van der Waals surface area contributed by atoms with Gasteiger partial charge in [-0.25, -0.2) is 4.98 Å². The predicted octanol–water partition coefficient (Wildman–Crippen LogP) is 3.51. The Bertz CT molecular complexity index is 691. The molecule has 0 saturated heterocycles. The van der Waals surface area contributed by atoms with Crippen LogP contribution in [0, 0.1) is 0 Å². The van der Waals surface area contributed by atoms with E-state index < -0.39 is 0 Å². The van der Waals surface area contributed by atoms with E-state index in [2.05, 4.69) is 27.5 Å². The van der Waals surface area contributed by atoms with E-state index in [-0.39, 0.29) is 30.1 Å². The molecule has 0 radical (unpaired) electrons. The SMILES string of the molecule is CCc1cnc(CCNC(=NC)NCC(C)Oc2ccc(OC)cc2)s1.I. The normalized spacial score (nSPS) is 12.1. The van der Waals surface area contributed by atoms with Gasteiger partial charge < -0.3 is 20.1 Å². The van der Waals surface area contributed by atoms with E-state index in [4.69, 9.17) is 9.47 Å². The number of benzene rings is 1. The molecule has 1 atom stereocenters. The largest absolute Gasteiger partial charge is 0.497 e. The molecule has 0 bridgehead atoms. The maximum absolute atomic E-state index is 5.89. The van der Waals surface area contributed by atoms with Crippen molar-refractivity contribution in [1.29, 1.82) is 0 Å². The molecule has 27 heavy (non-hydrogen) atoms. The van der Waals surface area contributed by atoms with Gasteiger partial charge in [-0.2, -0.15) is 0 Å². The van der Waals surface area contributed by atoms with Crippen molar-refractivity contribution >= 4 is 41.3 Å². The molecule has 1 unspecified atom stereocenters. The number of aryl methyl sites for hydroxylation is 1. The Hall–Kier alpha value is -1.55. The van der Waals surface area contributed by atoms with Crippen molar-refractivity contribution in [3.8, 4) is 11.5 Å². The molecule has 2 aromatic rings. The van der Waals surface area contributed by atoms with Crippen LogP contribution in [0.15, 0.2) is 35.5 Å². The van der Waals surface area contributed by atoms with Gasteiger partial charge in [0.25, 0.3) is 0 Å². The summed E-state index contributed by atoms with van der Waals surface area (Å²) in [7, 11) is 3.42. The molecule has 2 N–H and O–H groups in total. The first-order chi connectivity index (χ1) is 12.6. The average molecular weight is 504 g/mol. The van der Waals surface area contributed by atoms with Gasteiger partial charge in [0.05, 0.1) is 18.7 Å². The van der Waals surface area contributed by atoms with Gasteiger partial charge in [0.1, 0.15) is 17.6 Å². The van der Waals surface area contributed by atoms with Crippen LogP contribution >= 0.6 is 35.3 Å². The number of aliphatic imine (C=N–C) groups is 1. The van der Waals surface area contributed by atoms with Gasteiger partial charge in [0, 0.05) is 31.1 Å². The smallest absolute Gasteiger partial charge is 0.191 e. The molecule has 1 aromatic carbocycles. The zero-order valence-electron chi connectivity index (χ0n) is 16.3. The molecule has 0 aliphatic rings. The number of hydrogen-bond donors (Lipinski definition) is 2. The fourth-order valence-electron chi connectivity index (χ4n) is 2.30. The van der Waals surface area contributed by atoms with E-state index >= 15 is 0 Å². The number of halogens is 1. The molecule has 6 nitrogen and oxygen atoms in total. The number of ether oxygens (including phenoxy) is 2. The van der Waals surface area contributed by atoms with Gasteiger partial charge in [0.2, 0.25) is 0 Å². The quantitative estimate of drug-likeness (QED) is 0.311. The minimum Gasteiger partial charge on any atom is -0.497 e. The first kappa shape index (κ1) is 23.5. The predicted molar refractivity (Wildman–Crippen MR) is 123 cm³/mol. The third-order valence-electron chi connectivity index (χ3n) is 3.76. The van der Waals surface area contributed by atoms with Crippen molar-refractivity contribution in [2.75, 3.05) is 27.2 Å². The summed E-state index contributed by atoms with van der Waals surface area (Å²) < 4.78 is 11.0. The third kappa shape index (κ3) is 8.34. The Morgan fingerprint density at radius 3 is 2.52 bits per heavy atom. The Kier molecular flexibility index (Phi) is 11.1. The Labute approximate surface area is 182 Å². The van der Waals surface area contributed by atoms with Gasteiger partial charge in [-0.3, -0.25) is 4.99 Å². The molecule has 0 aliphatic carbocycles. The Balaban J connectivity index is 0.00000364. The van der Waals surface area contributed by atoms with E-state index in [1.807, 2.05) is 37.4 Å². The molecule has 1 aromatic heterocycles. The van der Waals surface area contributed by atoms with Gasteiger partial charge in [-0.15, -0.1) is 35.3 Å². The summed E-state index contributed by atoms with van der Waals surface area (Å²) in [6, 6.07) is 7.58. The highest BCUT2D eigenvalue weighted by Crippen LogP contribution is 2.18. The van der Waals surface area contributed by atoms with Crippen molar-refractivity contribution in [2.45, 2.75) is 32.8 Å². The summed E-state index contributed by atoms with van der Waals surface area (Å²) >= 11 is 1.77. The van der Waals surface area contributed by atoms with E-state index in [1.54, 1.807) is 25.5 Å². The van der Waals surface area contributed by atoms with Gasteiger partial charge >= 0.3 is 0 Å². The monoisotopic (exact) mass is 504 g/mol. The number of methoxy groups -OCH3 is 1. The summed E-state index contributed by atoms with van der Waals surface area (Å²) in [4.78, 5) is 10.0. The van der Waals surface area contributed by atoms with Gasteiger partial charge in [-0.1, -0.05) is 6.92 Å². The second-order valence-corrected chi connectivity index (χ2v) is 7.01. The number of rotatable bonds is 9. The Morgan fingerprint density at radius 2 is 1.93 bits per heavy atom.